The molecular formula is C18H22N2O3. The highest BCUT2D eigenvalue weighted by molar-refractivity contribution is 5.98. The number of hydrogen-bond donors (Lipinski definition) is 3. The Labute approximate surface area is 135 Å². The monoisotopic (exact) mass is 314 g/mol. The molecule has 122 valence electrons. The summed E-state index contributed by atoms with van der Waals surface area (Å²) in [7, 11) is 0. The number of hydrogen-bond acceptors (Lipinski definition) is 3. The Kier molecular flexibility index (Phi) is 6.11. The fourth-order valence-corrected chi connectivity index (χ4v) is 2.16. The van der Waals surface area contributed by atoms with Crippen molar-refractivity contribution in [1.29, 1.82) is 0 Å². The van der Waals surface area contributed by atoms with Crippen LogP contribution in [0.3, 0.4) is 0 Å². The van der Waals surface area contributed by atoms with E-state index in [-0.39, 0.29) is 37.3 Å². The summed E-state index contributed by atoms with van der Waals surface area (Å²) in [6, 6.07) is 13.4. The van der Waals surface area contributed by atoms with Crippen molar-refractivity contribution in [2.75, 3.05) is 19.7 Å². The molecule has 5 nitrogen and oxygen atoms in total. The third-order valence-electron chi connectivity index (χ3n) is 3.61. The molecule has 2 amide bonds. The molecule has 0 heterocycles. The van der Waals surface area contributed by atoms with Crippen molar-refractivity contribution in [1.82, 2.24) is 10.6 Å². The lowest BCUT2D eigenvalue weighted by Crippen LogP contribution is -2.33. The van der Waals surface area contributed by atoms with E-state index < -0.39 is 0 Å². The van der Waals surface area contributed by atoms with E-state index in [1.807, 2.05) is 43.3 Å². The summed E-state index contributed by atoms with van der Waals surface area (Å²) < 4.78 is 0. The highest BCUT2D eigenvalue weighted by atomic mass is 16.3. The molecule has 0 saturated carbocycles. The summed E-state index contributed by atoms with van der Waals surface area (Å²) in [5, 5.41) is 16.5. The molecule has 0 saturated heterocycles. The van der Waals surface area contributed by atoms with E-state index in [1.165, 1.54) is 0 Å². The van der Waals surface area contributed by atoms with Crippen LogP contribution in [-0.4, -0.2) is 36.6 Å². The lowest BCUT2D eigenvalue weighted by Gasteiger charge is -2.10. The zero-order valence-corrected chi connectivity index (χ0v) is 13.2. The molecule has 0 aliphatic rings. The van der Waals surface area contributed by atoms with Gasteiger partial charge in [-0.15, -0.1) is 0 Å². The smallest absolute Gasteiger partial charge is 0.251 e. The zero-order valence-electron chi connectivity index (χ0n) is 13.2. The largest absolute Gasteiger partial charge is 0.396 e. The average molecular weight is 314 g/mol. The molecule has 3 N–H and O–H groups in total. The van der Waals surface area contributed by atoms with Crippen LogP contribution in [0.5, 0.6) is 0 Å². The minimum absolute atomic E-state index is 0.0335. The maximum atomic E-state index is 12.1. The van der Waals surface area contributed by atoms with E-state index in [0.717, 1.165) is 10.8 Å². The molecule has 23 heavy (non-hydrogen) atoms. The van der Waals surface area contributed by atoms with Crippen molar-refractivity contribution in [3.8, 4) is 0 Å². The molecule has 0 aliphatic carbocycles. The quantitative estimate of drug-likeness (QED) is 0.728. The topological polar surface area (TPSA) is 78.4 Å². The number of carbonyl (C=O) groups is 2. The number of aliphatic hydroxyl groups excluding tert-OH is 1. The first kappa shape index (κ1) is 17.0. The first-order valence-corrected chi connectivity index (χ1v) is 7.74. The third-order valence-corrected chi connectivity index (χ3v) is 3.61. The van der Waals surface area contributed by atoms with Gasteiger partial charge in [0.05, 0.1) is 0 Å². The van der Waals surface area contributed by atoms with Crippen molar-refractivity contribution in [3.05, 3.63) is 48.0 Å². The van der Waals surface area contributed by atoms with Crippen LogP contribution >= 0.6 is 0 Å². The number of rotatable bonds is 7. The van der Waals surface area contributed by atoms with Gasteiger partial charge in [-0.3, -0.25) is 9.59 Å². The molecule has 2 rings (SSSR count). The van der Waals surface area contributed by atoms with Crippen LogP contribution < -0.4 is 10.6 Å². The molecular weight excluding hydrogens is 292 g/mol. The van der Waals surface area contributed by atoms with Crippen molar-refractivity contribution >= 4 is 22.6 Å². The second-order valence-corrected chi connectivity index (χ2v) is 5.66. The molecule has 0 aromatic heterocycles. The predicted molar refractivity (Wildman–Crippen MR) is 90.2 cm³/mol. The Hall–Kier alpha value is -2.40. The number of fused-ring (bicyclic) bond motifs is 1. The number of carbonyl (C=O) groups excluding carboxylic acids is 2. The molecule has 0 aliphatic heterocycles. The molecule has 0 bridgehead atoms. The van der Waals surface area contributed by atoms with Gasteiger partial charge in [-0.25, -0.2) is 0 Å². The first-order chi connectivity index (χ1) is 11.1. The first-order valence-electron chi connectivity index (χ1n) is 7.74. The van der Waals surface area contributed by atoms with Crippen LogP contribution in [-0.2, 0) is 4.79 Å². The fourth-order valence-electron chi connectivity index (χ4n) is 2.16. The van der Waals surface area contributed by atoms with E-state index in [0.29, 0.717) is 12.1 Å². The van der Waals surface area contributed by atoms with Gasteiger partial charge >= 0.3 is 0 Å². The van der Waals surface area contributed by atoms with Crippen LogP contribution in [0.4, 0.5) is 0 Å². The van der Waals surface area contributed by atoms with Gasteiger partial charge in [-0.05, 0) is 28.8 Å². The summed E-state index contributed by atoms with van der Waals surface area (Å²) in [5.41, 5.74) is 0.581. The highest BCUT2D eigenvalue weighted by Crippen LogP contribution is 2.15. The summed E-state index contributed by atoms with van der Waals surface area (Å²) >= 11 is 0. The molecule has 2 aromatic rings. The van der Waals surface area contributed by atoms with Gasteiger partial charge in [0.25, 0.3) is 5.91 Å². The highest BCUT2D eigenvalue weighted by Gasteiger charge is 2.08. The number of benzene rings is 2. The maximum Gasteiger partial charge on any atom is 0.251 e. The van der Waals surface area contributed by atoms with Crippen molar-refractivity contribution in [2.45, 2.75) is 13.3 Å². The number of nitrogens with one attached hydrogen (secondary N) is 2. The molecule has 1 unspecified atom stereocenters. The van der Waals surface area contributed by atoms with Crippen LogP contribution in [0.1, 0.15) is 23.7 Å². The summed E-state index contributed by atoms with van der Waals surface area (Å²) in [5.74, 6) is -0.289. The molecule has 5 heteroatoms. The Morgan fingerprint density at radius 3 is 2.57 bits per heavy atom. The lowest BCUT2D eigenvalue weighted by molar-refractivity contribution is -0.121. The molecule has 0 radical (unpaired) electrons. The van der Waals surface area contributed by atoms with Crippen molar-refractivity contribution in [3.63, 3.8) is 0 Å². The predicted octanol–water partition coefficient (Wildman–Crippen LogP) is 1.70. The maximum absolute atomic E-state index is 12.1. The SMILES string of the molecule is CC(CO)CNC(=O)CCNC(=O)c1ccc2ccccc2c1. The van der Waals surface area contributed by atoms with Gasteiger partial charge in [-0.1, -0.05) is 37.3 Å². The standard InChI is InChI=1S/C18H22N2O3/c1-13(12-21)11-20-17(22)8-9-19-18(23)16-7-6-14-4-2-3-5-15(14)10-16/h2-7,10,13,21H,8-9,11-12H2,1H3,(H,19,23)(H,20,22). The average Bonchev–Trinajstić information content (AvgIpc) is 2.59. The van der Waals surface area contributed by atoms with Gasteiger partial charge < -0.3 is 15.7 Å². The summed E-state index contributed by atoms with van der Waals surface area (Å²) in [6.45, 7) is 2.61. The lowest BCUT2D eigenvalue weighted by atomic mass is 10.1. The fraction of sp³-hybridized carbons (Fsp3) is 0.333. The van der Waals surface area contributed by atoms with Gasteiger partial charge in [0.2, 0.25) is 5.91 Å². The van der Waals surface area contributed by atoms with Crippen LogP contribution in [0.25, 0.3) is 10.8 Å². The Bertz CT molecular complexity index is 685. The molecule has 0 fully saturated rings. The van der Waals surface area contributed by atoms with E-state index in [4.69, 9.17) is 5.11 Å². The minimum atomic E-state index is -0.188. The Morgan fingerprint density at radius 2 is 1.83 bits per heavy atom. The van der Waals surface area contributed by atoms with Crippen LogP contribution in [0, 0.1) is 5.92 Å². The third kappa shape index (κ3) is 5.07. The molecule has 1 atom stereocenters. The molecule has 2 aromatic carbocycles. The van der Waals surface area contributed by atoms with Gasteiger partial charge in [0.15, 0.2) is 0 Å². The Morgan fingerprint density at radius 1 is 1.09 bits per heavy atom. The second kappa shape index (κ2) is 8.29. The van der Waals surface area contributed by atoms with Crippen molar-refractivity contribution < 1.29 is 14.7 Å². The Balaban J connectivity index is 1.81. The van der Waals surface area contributed by atoms with E-state index in [1.54, 1.807) is 6.07 Å². The zero-order chi connectivity index (χ0) is 16.7. The van der Waals surface area contributed by atoms with Crippen LogP contribution in [0.2, 0.25) is 0 Å². The van der Waals surface area contributed by atoms with E-state index in [9.17, 15) is 9.59 Å². The van der Waals surface area contributed by atoms with Crippen molar-refractivity contribution in [2.24, 2.45) is 5.92 Å². The summed E-state index contributed by atoms with van der Waals surface area (Å²) in [4.78, 5) is 23.7. The number of amides is 2. The van der Waals surface area contributed by atoms with E-state index >= 15 is 0 Å². The van der Waals surface area contributed by atoms with E-state index in [2.05, 4.69) is 10.6 Å². The minimum Gasteiger partial charge on any atom is -0.396 e. The van der Waals surface area contributed by atoms with Gasteiger partial charge in [0, 0.05) is 31.7 Å². The number of aliphatic hydroxyl groups is 1. The molecule has 0 spiro atoms. The van der Waals surface area contributed by atoms with Gasteiger partial charge in [0.1, 0.15) is 0 Å². The van der Waals surface area contributed by atoms with Gasteiger partial charge in [-0.2, -0.15) is 0 Å². The normalized spacial score (nSPS) is 11.9. The summed E-state index contributed by atoms with van der Waals surface area (Å²) in [6.07, 6.45) is 0.220. The second-order valence-electron chi connectivity index (χ2n) is 5.66. The van der Waals surface area contributed by atoms with Crippen LogP contribution in [0.15, 0.2) is 42.5 Å².